The Morgan fingerprint density at radius 3 is 2.77 bits per heavy atom. The van der Waals surface area contributed by atoms with Gasteiger partial charge in [0.2, 0.25) is 0 Å². The SMILES string of the molecule is CCSc1cc(F)cc(CNC)c1. The lowest BCUT2D eigenvalue weighted by Crippen LogP contribution is -2.05. The van der Waals surface area contributed by atoms with E-state index in [0.29, 0.717) is 0 Å². The zero-order valence-electron chi connectivity index (χ0n) is 7.93. The van der Waals surface area contributed by atoms with Crippen molar-refractivity contribution in [3.05, 3.63) is 29.6 Å². The molecule has 0 amide bonds. The molecule has 3 heteroatoms. The first kappa shape index (κ1) is 10.5. The van der Waals surface area contributed by atoms with Gasteiger partial charge in [-0.25, -0.2) is 4.39 Å². The molecule has 1 rings (SSSR count). The molecule has 0 aliphatic rings. The van der Waals surface area contributed by atoms with Crippen LogP contribution in [0.5, 0.6) is 0 Å². The molecule has 1 aromatic carbocycles. The standard InChI is InChI=1S/C10H14FNS/c1-3-13-10-5-8(7-12-2)4-9(11)6-10/h4-6,12H,3,7H2,1-2H3. The number of halogens is 1. The number of benzene rings is 1. The third-order valence-electron chi connectivity index (χ3n) is 1.62. The second kappa shape index (κ2) is 5.25. The summed E-state index contributed by atoms with van der Waals surface area (Å²) in [6, 6.07) is 5.16. The number of nitrogens with one attached hydrogen (secondary N) is 1. The highest BCUT2D eigenvalue weighted by atomic mass is 32.2. The Morgan fingerprint density at radius 2 is 2.15 bits per heavy atom. The predicted molar refractivity (Wildman–Crippen MR) is 55.6 cm³/mol. The van der Waals surface area contributed by atoms with Crippen molar-refractivity contribution in [2.45, 2.75) is 18.4 Å². The van der Waals surface area contributed by atoms with Gasteiger partial charge in [-0.15, -0.1) is 11.8 Å². The van der Waals surface area contributed by atoms with Gasteiger partial charge in [0.25, 0.3) is 0 Å². The van der Waals surface area contributed by atoms with E-state index < -0.39 is 0 Å². The van der Waals surface area contributed by atoms with Gasteiger partial charge < -0.3 is 5.32 Å². The van der Waals surface area contributed by atoms with Gasteiger partial charge in [0, 0.05) is 11.4 Å². The first-order valence-corrected chi connectivity index (χ1v) is 5.31. The molecule has 0 bridgehead atoms. The van der Waals surface area contributed by atoms with E-state index in [-0.39, 0.29) is 5.82 Å². The van der Waals surface area contributed by atoms with Crippen molar-refractivity contribution in [1.29, 1.82) is 0 Å². The summed E-state index contributed by atoms with van der Waals surface area (Å²) in [7, 11) is 1.86. The van der Waals surface area contributed by atoms with Crippen molar-refractivity contribution < 1.29 is 4.39 Å². The molecule has 0 aromatic heterocycles. The van der Waals surface area contributed by atoms with E-state index in [1.807, 2.05) is 13.1 Å². The van der Waals surface area contributed by atoms with Crippen LogP contribution in [0.4, 0.5) is 4.39 Å². The maximum absolute atomic E-state index is 13.0. The Bertz CT molecular complexity index is 251. The zero-order valence-corrected chi connectivity index (χ0v) is 8.75. The third kappa shape index (κ3) is 3.36. The minimum atomic E-state index is -0.149. The van der Waals surface area contributed by atoms with E-state index >= 15 is 0 Å². The van der Waals surface area contributed by atoms with Crippen LogP contribution in [0, 0.1) is 5.82 Å². The zero-order chi connectivity index (χ0) is 9.68. The lowest BCUT2D eigenvalue weighted by molar-refractivity contribution is 0.619. The van der Waals surface area contributed by atoms with Crippen LogP contribution in [-0.4, -0.2) is 12.8 Å². The Labute approximate surface area is 82.7 Å². The van der Waals surface area contributed by atoms with Crippen molar-refractivity contribution in [3.8, 4) is 0 Å². The summed E-state index contributed by atoms with van der Waals surface area (Å²) in [4.78, 5) is 1.01. The van der Waals surface area contributed by atoms with E-state index in [1.54, 1.807) is 23.9 Å². The minimum Gasteiger partial charge on any atom is -0.316 e. The lowest BCUT2D eigenvalue weighted by Gasteiger charge is -2.04. The van der Waals surface area contributed by atoms with Crippen molar-refractivity contribution in [1.82, 2.24) is 5.32 Å². The van der Waals surface area contributed by atoms with Crippen molar-refractivity contribution in [2.24, 2.45) is 0 Å². The van der Waals surface area contributed by atoms with Crippen LogP contribution in [0.3, 0.4) is 0 Å². The normalized spacial score (nSPS) is 10.4. The average Bonchev–Trinajstić information content (AvgIpc) is 2.04. The van der Waals surface area contributed by atoms with Gasteiger partial charge in [-0.2, -0.15) is 0 Å². The molecule has 0 heterocycles. The van der Waals surface area contributed by atoms with Crippen LogP contribution in [0.2, 0.25) is 0 Å². The van der Waals surface area contributed by atoms with Crippen LogP contribution >= 0.6 is 11.8 Å². The van der Waals surface area contributed by atoms with Crippen LogP contribution in [-0.2, 0) is 6.54 Å². The number of rotatable bonds is 4. The summed E-state index contributed by atoms with van der Waals surface area (Å²) < 4.78 is 13.0. The minimum absolute atomic E-state index is 0.149. The number of hydrogen-bond acceptors (Lipinski definition) is 2. The molecule has 0 saturated heterocycles. The maximum atomic E-state index is 13.0. The van der Waals surface area contributed by atoms with Gasteiger partial charge >= 0.3 is 0 Å². The number of hydrogen-bond donors (Lipinski definition) is 1. The maximum Gasteiger partial charge on any atom is 0.124 e. The number of thioether (sulfide) groups is 1. The summed E-state index contributed by atoms with van der Waals surface area (Å²) in [5.74, 6) is 0.825. The first-order chi connectivity index (χ1) is 6.26. The van der Waals surface area contributed by atoms with Crippen molar-refractivity contribution >= 4 is 11.8 Å². The van der Waals surface area contributed by atoms with Gasteiger partial charge in [-0.05, 0) is 36.6 Å². The fourth-order valence-electron chi connectivity index (χ4n) is 1.18. The van der Waals surface area contributed by atoms with Crippen LogP contribution in [0.15, 0.2) is 23.1 Å². The molecule has 1 aromatic rings. The van der Waals surface area contributed by atoms with E-state index in [4.69, 9.17) is 0 Å². The molecule has 0 radical (unpaired) electrons. The van der Waals surface area contributed by atoms with E-state index in [9.17, 15) is 4.39 Å². The van der Waals surface area contributed by atoms with Gasteiger partial charge in [-0.3, -0.25) is 0 Å². The fraction of sp³-hybridized carbons (Fsp3) is 0.400. The molecular weight excluding hydrogens is 185 g/mol. The van der Waals surface area contributed by atoms with Crippen LogP contribution in [0.25, 0.3) is 0 Å². The Hall–Kier alpha value is -0.540. The third-order valence-corrected chi connectivity index (χ3v) is 2.48. The summed E-state index contributed by atoms with van der Waals surface area (Å²) in [5, 5.41) is 3.00. The van der Waals surface area contributed by atoms with Gasteiger partial charge in [0.15, 0.2) is 0 Å². The second-order valence-electron chi connectivity index (χ2n) is 2.76. The topological polar surface area (TPSA) is 12.0 Å². The summed E-state index contributed by atoms with van der Waals surface area (Å²) >= 11 is 1.66. The smallest absolute Gasteiger partial charge is 0.124 e. The monoisotopic (exact) mass is 199 g/mol. The highest BCUT2D eigenvalue weighted by Gasteiger charge is 1.99. The van der Waals surface area contributed by atoms with Crippen LogP contribution in [0.1, 0.15) is 12.5 Å². The molecule has 0 spiro atoms. The summed E-state index contributed by atoms with van der Waals surface area (Å²) in [6.07, 6.45) is 0. The molecule has 0 unspecified atom stereocenters. The lowest BCUT2D eigenvalue weighted by atomic mass is 10.2. The van der Waals surface area contributed by atoms with Crippen molar-refractivity contribution in [3.63, 3.8) is 0 Å². The van der Waals surface area contributed by atoms with E-state index in [0.717, 1.165) is 22.8 Å². The molecular formula is C10H14FNS. The van der Waals surface area contributed by atoms with Crippen LogP contribution < -0.4 is 5.32 Å². The molecule has 0 fully saturated rings. The molecule has 13 heavy (non-hydrogen) atoms. The van der Waals surface area contributed by atoms with Crippen molar-refractivity contribution in [2.75, 3.05) is 12.8 Å². The Balaban J connectivity index is 2.83. The fourth-order valence-corrected chi connectivity index (χ4v) is 1.94. The first-order valence-electron chi connectivity index (χ1n) is 4.33. The highest BCUT2D eigenvalue weighted by molar-refractivity contribution is 7.99. The largest absolute Gasteiger partial charge is 0.316 e. The van der Waals surface area contributed by atoms with E-state index in [2.05, 4.69) is 12.2 Å². The molecule has 0 aliphatic carbocycles. The quantitative estimate of drug-likeness (QED) is 0.748. The van der Waals surface area contributed by atoms with Gasteiger partial charge in [-0.1, -0.05) is 6.92 Å². The van der Waals surface area contributed by atoms with Gasteiger partial charge in [0.1, 0.15) is 5.82 Å². The summed E-state index contributed by atoms with van der Waals surface area (Å²) in [5.41, 5.74) is 0.999. The molecule has 0 aliphatic heterocycles. The molecule has 0 atom stereocenters. The predicted octanol–water partition coefficient (Wildman–Crippen LogP) is 2.66. The molecule has 1 nitrogen and oxygen atoms in total. The van der Waals surface area contributed by atoms with Gasteiger partial charge in [0.05, 0.1) is 0 Å². The highest BCUT2D eigenvalue weighted by Crippen LogP contribution is 2.20. The Kier molecular flexibility index (Phi) is 4.25. The molecule has 72 valence electrons. The second-order valence-corrected chi connectivity index (χ2v) is 4.10. The summed E-state index contributed by atoms with van der Waals surface area (Å²) in [6.45, 7) is 2.78. The molecule has 0 saturated carbocycles. The molecule has 1 N–H and O–H groups in total. The Morgan fingerprint density at radius 1 is 1.38 bits per heavy atom. The average molecular weight is 199 g/mol. The van der Waals surface area contributed by atoms with E-state index in [1.165, 1.54) is 0 Å².